The number of nitrogens with one attached hydrogen (secondary N) is 2. The number of carbonyl (C=O) groups excluding carboxylic acids is 1. The van der Waals surface area contributed by atoms with Gasteiger partial charge < -0.3 is 20.3 Å². The number of anilines is 1. The fourth-order valence-corrected chi connectivity index (χ4v) is 4.49. The van der Waals surface area contributed by atoms with E-state index in [0.29, 0.717) is 36.0 Å². The number of nitrogens with zero attached hydrogens (tertiary/aromatic N) is 4. The molecule has 2 aromatic carbocycles. The number of rotatable bonds is 9. The second-order valence-corrected chi connectivity index (χ2v) is 9.20. The molecule has 0 bridgehead atoms. The molecule has 4 rings (SSSR count). The van der Waals surface area contributed by atoms with Crippen molar-refractivity contribution in [1.29, 1.82) is 5.26 Å². The lowest BCUT2D eigenvalue weighted by Crippen LogP contribution is -2.33. The molecule has 3 aromatic rings. The molecule has 1 saturated heterocycles. The predicted molar refractivity (Wildman–Crippen MR) is 142 cm³/mol. The quantitative estimate of drug-likeness (QED) is 0.438. The number of amides is 1. The summed E-state index contributed by atoms with van der Waals surface area (Å²) in [4.78, 5) is 23.8. The van der Waals surface area contributed by atoms with Gasteiger partial charge in [-0.05, 0) is 68.9 Å². The summed E-state index contributed by atoms with van der Waals surface area (Å²) < 4.78 is 5.55. The Morgan fingerprint density at radius 1 is 1.25 bits per heavy atom. The molecular formula is C28H32N6O2. The third kappa shape index (κ3) is 5.99. The number of aromatic nitrogens is 2. The summed E-state index contributed by atoms with van der Waals surface area (Å²) in [5.74, 6) is 1.21. The van der Waals surface area contributed by atoms with Gasteiger partial charge in [-0.3, -0.25) is 4.79 Å². The van der Waals surface area contributed by atoms with Crippen LogP contribution in [0.4, 0.5) is 5.69 Å². The molecule has 0 radical (unpaired) electrons. The van der Waals surface area contributed by atoms with Crippen LogP contribution in [0.1, 0.15) is 29.9 Å². The Balaban J connectivity index is 1.51. The minimum absolute atomic E-state index is 0.158. The minimum atomic E-state index is -0.260. The van der Waals surface area contributed by atoms with E-state index in [4.69, 9.17) is 10.00 Å². The first kappa shape index (κ1) is 25.1. The van der Waals surface area contributed by atoms with Gasteiger partial charge in [0, 0.05) is 35.8 Å². The van der Waals surface area contributed by atoms with Gasteiger partial charge in [0.25, 0.3) is 5.91 Å². The van der Waals surface area contributed by atoms with Crippen LogP contribution >= 0.6 is 0 Å². The van der Waals surface area contributed by atoms with E-state index in [9.17, 15) is 4.79 Å². The lowest BCUT2D eigenvalue weighted by atomic mass is 9.94. The molecule has 0 unspecified atom stereocenters. The summed E-state index contributed by atoms with van der Waals surface area (Å²) in [5, 5.41) is 17.3. The minimum Gasteiger partial charge on any atom is -0.495 e. The zero-order chi connectivity index (χ0) is 25.5. The molecule has 0 saturated carbocycles. The van der Waals surface area contributed by atoms with Crippen LogP contribution in [0.15, 0.2) is 54.7 Å². The van der Waals surface area contributed by atoms with Crippen molar-refractivity contribution in [2.24, 2.45) is 5.92 Å². The van der Waals surface area contributed by atoms with Crippen LogP contribution in [0.25, 0.3) is 22.0 Å². The second kappa shape index (κ2) is 11.6. The number of likely N-dealkylation sites (tertiary alicyclic amines) is 1. The van der Waals surface area contributed by atoms with Crippen LogP contribution in [0.2, 0.25) is 0 Å². The average Bonchev–Trinajstić information content (AvgIpc) is 2.92. The van der Waals surface area contributed by atoms with Crippen molar-refractivity contribution in [3.8, 4) is 23.1 Å². The second-order valence-electron chi connectivity index (χ2n) is 9.20. The number of hydrogen-bond acceptors (Lipinski definition) is 7. The van der Waals surface area contributed by atoms with Gasteiger partial charge in [-0.15, -0.1) is 0 Å². The largest absolute Gasteiger partial charge is 0.495 e. The molecule has 1 aliphatic rings. The van der Waals surface area contributed by atoms with Crippen LogP contribution in [-0.4, -0.2) is 61.1 Å². The van der Waals surface area contributed by atoms with E-state index in [1.165, 1.54) is 12.8 Å². The molecule has 0 atom stereocenters. The third-order valence-corrected chi connectivity index (χ3v) is 6.67. The van der Waals surface area contributed by atoms with Gasteiger partial charge in [-0.2, -0.15) is 5.26 Å². The summed E-state index contributed by atoms with van der Waals surface area (Å²) in [5.41, 5.74) is 2.70. The highest BCUT2D eigenvalue weighted by molar-refractivity contribution is 5.99. The van der Waals surface area contributed by atoms with Crippen LogP contribution < -0.4 is 15.4 Å². The molecular weight excluding hydrogens is 452 g/mol. The maximum atomic E-state index is 12.7. The Morgan fingerprint density at radius 3 is 2.78 bits per heavy atom. The van der Waals surface area contributed by atoms with Gasteiger partial charge in [0.1, 0.15) is 5.75 Å². The standard InChI is InChI=1S/C28H32N6O2/c1-19(17-29)18-32-26-23-16-22(5-4-21(23)6-7-25(26)36-3)24-9-13-30-27(33-24)28(35)31-12-8-20-10-14-34(2)15-11-20/h4-7,9,13,16,20,32H,1,8,10-12,14-15,18H2,2-3H3,(H,31,35). The number of piperidine rings is 1. The number of nitriles is 1. The van der Waals surface area contributed by atoms with Crippen molar-refractivity contribution >= 4 is 22.4 Å². The number of benzene rings is 2. The third-order valence-electron chi connectivity index (χ3n) is 6.67. The molecule has 186 valence electrons. The molecule has 2 heterocycles. The Morgan fingerprint density at radius 2 is 2.03 bits per heavy atom. The molecule has 1 amide bonds. The highest BCUT2D eigenvalue weighted by Gasteiger charge is 2.18. The zero-order valence-corrected chi connectivity index (χ0v) is 20.9. The summed E-state index contributed by atoms with van der Waals surface area (Å²) in [6.45, 7) is 6.91. The SMILES string of the molecule is C=C(C#N)CNc1c(OC)ccc2ccc(-c3ccnc(C(=O)NCCC4CCN(C)CC4)n3)cc12. The molecule has 0 aliphatic carbocycles. The molecule has 1 aliphatic heterocycles. The molecule has 36 heavy (non-hydrogen) atoms. The maximum absolute atomic E-state index is 12.7. The van der Waals surface area contributed by atoms with Crippen molar-refractivity contribution in [2.45, 2.75) is 19.3 Å². The maximum Gasteiger partial charge on any atom is 0.289 e. The van der Waals surface area contributed by atoms with Crippen molar-refractivity contribution in [3.63, 3.8) is 0 Å². The van der Waals surface area contributed by atoms with Gasteiger partial charge in [-0.1, -0.05) is 24.8 Å². The van der Waals surface area contributed by atoms with Gasteiger partial charge in [0.05, 0.1) is 24.6 Å². The van der Waals surface area contributed by atoms with Crippen LogP contribution in [0.5, 0.6) is 5.75 Å². The highest BCUT2D eigenvalue weighted by atomic mass is 16.5. The topological polar surface area (TPSA) is 103 Å². The first-order valence-electron chi connectivity index (χ1n) is 12.2. The Kier molecular flexibility index (Phi) is 8.13. The van der Waals surface area contributed by atoms with Gasteiger partial charge in [0.15, 0.2) is 0 Å². The lowest BCUT2D eigenvalue weighted by Gasteiger charge is -2.28. The van der Waals surface area contributed by atoms with E-state index in [1.54, 1.807) is 19.4 Å². The molecule has 1 fully saturated rings. The first-order chi connectivity index (χ1) is 17.5. The van der Waals surface area contributed by atoms with Gasteiger partial charge >= 0.3 is 0 Å². The molecule has 2 N–H and O–H groups in total. The van der Waals surface area contributed by atoms with Crippen LogP contribution in [0, 0.1) is 17.2 Å². The van der Waals surface area contributed by atoms with Crippen molar-refractivity contribution in [3.05, 3.63) is 60.6 Å². The number of methoxy groups -OCH3 is 1. The smallest absolute Gasteiger partial charge is 0.289 e. The average molecular weight is 485 g/mol. The van der Waals surface area contributed by atoms with E-state index in [2.05, 4.69) is 45.2 Å². The summed E-state index contributed by atoms with van der Waals surface area (Å²) in [6.07, 6.45) is 4.93. The Labute approximate surface area is 212 Å². The van der Waals surface area contributed by atoms with Crippen molar-refractivity contribution < 1.29 is 9.53 Å². The van der Waals surface area contributed by atoms with E-state index in [0.717, 1.165) is 41.5 Å². The normalized spacial score (nSPS) is 14.2. The van der Waals surface area contributed by atoms with Crippen molar-refractivity contribution in [2.75, 3.05) is 45.7 Å². The summed E-state index contributed by atoms with van der Waals surface area (Å²) in [7, 11) is 3.76. The fraction of sp³-hybridized carbons (Fsp3) is 0.357. The van der Waals surface area contributed by atoms with E-state index < -0.39 is 0 Å². The summed E-state index contributed by atoms with van der Waals surface area (Å²) in [6, 6.07) is 13.7. The predicted octanol–water partition coefficient (Wildman–Crippen LogP) is 4.26. The van der Waals surface area contributed by atoms with Gasteiger partial charge in [0.2, 0.25) is 5.82 Å². The van der Waals surface area contributed by atoms with Crippen LogP contribution in [-0.2, 0) is 0 Å². The fourth-order valence-electron chi connectivity index (χ4n) is 4.49. The van der Waals surface area contributed by atoms with Gasteiger partial charge in [-0.25, -0.2) is 9.97 Å². The molecule has 0 spiro atoms. The monoisotopic (exact) mass is 484 g/mol. The first-order valence-corrected chi connectivity index (χ1v) is 12.2. The van der Waals surface area contributed by atoms with E-state index in [-0.39, 0.29) is 11.7 Å². The number of fused-ring (bicyclic) bond motifs is 1. The highest BCUT2D eigenvalue weighted by Crippen LogP contribution is 2.35. The number of carbonyl (C=O) groups is 1. The number of ether oxygens (including phenoxy) is 1. The Hall–Kier alpha value is -3.96. The number of hydrogen-bond donors (Lipinski definition) is 2. The lowest BCUT2D eigenvalue weighted by molar-refractivity contribution is 0.0938. The van der Waals surface area contributed by atoms with Crippen molar-refractivity contribution in [1.82, 2.24) is 20.2 Å². The van der Waals surface area contributed by atoms with Crippen LogP contribution in [0.3, 0.4) is 0 Å². The van der Waals surface area contributed by atoms with E-state index >= 15 is 0 Å². The zero-order valence-electron chi connectivity index (χ0n) is 20.9. The van der Waals surface area contributed by atoms with E-state index in [1.807, 2.05) is 30.3 Å². The summed E-state index contributed by atoms with van der Waals surface area (Å²) >= 11 is 0. The molecule has 1 aromatic heterocycles. The molecule has 8 heteroatoms. The molecule has 8 nitrogen and oxygen atoms in total. The Bertz CT molecular complexity index is 1290.